The quantitative estimate of drug-likeness (QED) is 0.667. The van der Waals surface area contributed by atoms with Crippen molar-refractivity contribution < 1.29 is 24.1 Å². The van der Waals surface area contributed by atoms with Crippen molar-refractivity contribution in [3.8, 4) is 0 Å². The van der Waals surface area contributed by atoms with Gasteiger partial charge in [0, 0.05) is 20.3 Å². The Labute approximate surface area is 119 Å². The van der Waals surface area contributed by atoms with Gasteiger partial charge in [-0.15, -0.1) is 0 Å². The summed E-state index contributed by atoms with van der Waals surface area (Å²) in [6.07, 6.45) is 0.881. The van der Waals surface area contributed by atoms with E-state index in [2.05, 4.69) is 0 Å². The predicted octanol–water partition coefficient (Wildman–Crippen LogP) is 2.26. The third-order valence-electron chi connectivity index (χ3n) is 2.86. The van der Waals surface area contributed by atoms with Crippen LogP contribution in [0, 0.1) is 6.92 Å². The fraction of sp³-hybridized carbons (Fsp3) is 0.533. The number of ether oxygens (including phenoxy) is 3. The minimum absolute atomic E-state index is 0.299. The van der Waals surface area contributed by atoms with Crippen molar-refractivity contribution in [2.24, 2.45) is 0 Å². The fourth-order valence-electron chi connectivity index (χ4n) is 1.70. The van der Waals surface area contributed by atoms with E-state index in [0.717, 1.165) is 17.5 Å². The first-order chi connectivity index (χ1) is 9.65. The molecule has 0 aliphatic carbocycles. The number of carboxylic acid groups (broad SMARTS) is 1. The van der Waals surface area contributed by atoms with Crippen LogP contribution in [-0.4, -0.2) is 44.6 Å². The van der Waals surface area contributed by atoms with Crippen LogP contribution < -0.4 is 0 Å². The first-order valence-corrected chi connectivity index (χ1v) is 6.62. The molecule has 0 saturated carbocycles. The summed E-state index contributed by atoms with van der Waals surface area (Å²) in [7, 11) is 1.67. The highest BCUT2D eigenvalue weighted by Gasteiger charge is 2.05. The lowest BCUT2D eigenvalue weighted by Crippen LogP contribution is -2.07. The van der Waals surface area contributed by atoms with E-state index < -0.39 is 5.97 Å². The van der Waals surface area contributed by atoms with Crippen LogP contribution in [0.1, 0.15) is 27.9 Å². The molecule has 0 fully saturated rings. The average molecular weight is 282 g/mol. The number of benzene rings is 1. The fourth-order valence-corrected chi connectivity index (χ4v) is 1.70. The van der Waals surface area contributed by atoms with Gasteiger partial charge in [0.1, 0.15) is 0 Å². The van der Waals surface area contributed by atoms with Gasteiger partial charge in [0.2, 0.25) is 0 Å². The van der Waals surface area contributed by atoms with Gasteiger partial charge in [-0.2, -0.15) is 0 Å². The molecule has 1 rings (SSSR count). The Balaban J connectivity index is 2.20. The Bertz CT molecular complexity index is 417. The van der Waals surface area contributed by atoms with Crippen molar-refractivity contribution in [3.05, 3.63) is 34.9 Å². The number of methoxy groups -OCH3 is 1. The first kappa shape index (κ1) is 16.6. The lowest BCUT2D eigenvalue weighted by atomic mass is 10.1. The van der Waals surface area contributed by atoms with Crippen molar-refractivity contribution in [2.75, 3.05) is 33.5 Å². The second kappa shape index (κ2) is 9.47. The molecular weight excluding hydrogens is 260 g/mol. The van der Waals surface area contributed by atoms with Gasteiger partial charge in [-0.1, -0.05) is 6.07 Å². The lowest BCUT2D eigenvalue weighted by molar-refractivity contribution is 0.0335. The molecule has 0 heterocycles. The summed E-state index contributed by atoms with van der Waals surface area (Å²) < 4.78 is 15.8. The lowest BCUT2D eigenvalue weighted by Gasteiger charge is -2.08. The number of aromatic carboxylic acids is 1. The van der Waals surface area contributed by atoms with Crippen LogP contribution in [0.2, 0.25) is 0 Å². The second-order valence-electron chi connectivity index (χ2n) is 4.46. The molecule has 5 heteroatoms. The van der Waals surface area contributed by atoms with E-state index in [0.29, 0.717) is 38.6 Å². The second-order valence-corrected chi connectivity index (χ2v) is 4.46. The number of rotatable bonds is 10. The summed E-state index contributed by atoms with van der Waals surface area (Å²) in [5.41, 5.74) is 2.22. The molecule has 0 saturated heterocycles. The van der Waals surface area contributed by atoms with Crippen molar-refractivity contribution in [2.45, 2.75) is 20.0 Å². The molecule has 0 aliphatic rings. The highest BCUT2D eigenvalue weighted by molar-refractivity contribution is 5.87. The molecule has 0 amide bonds. The third kappa shape index (κ3) is 6.14. The van der Waals surface area contributed by atoms with E-state index >= 15 is 0 Å². The maximum atomic E-state index is 10.8. The molecule has 1 aromatic rings. The van der Waals surface area contributed by atoms with Crippen LogP contribution in [-0.2, 0) is 20.8 Å². The highest BCUT2D eigenvalue weighted by Crippen LogP contribution is 2.12. The Morgan fingerprint density at radius 3 is 2.55 bits per heavy atom. The van der Waals surface area contributed by atoms with Crippen molar-refractivity contribution >= 4 is 5.97 Å². The summed E-state index contributed by atoms with van der Waals surface area (Å²) in [6.45, 7) is 4.79. The maximum absolute atomic E-state index is 10.8. The summed E-state index contributed by atoms with van der Waals surface area (Å²) >= 11 is 0. The monoisotopic (exact) mass is 282 g/mol. The molecule has 0 aliphatic heterocycles. The molecule has 112 valence electrons. The average Bonchev–Trinajstić information content (AvgIpc) is 2.43. The maximum Gasteiger partial charge on any atom is 0.335 e. The summed E-state index contributed by atoms with van der Waals surface area (Å²) in [4.78, 5) is 10.8. The number of hydrogen-bond donors (Lipinski definition) is 1. The van der Waals surface area contributed by atoms with Crippen LogP contribution in [0.15, 0.2) is 18.2 Å². The van der Waals surface area contributed by atoms with Crippen molar-refractivity contribution in [1.82, 2.24) is 0 Å². The highest BCUT2D eigenvalue weighted by atomic mass is 16.5. The van der Waals surface area contributed by atoms with Crippen LogP contribution in [0.5, 0.6) is 0 Å². The Morgan fingerprint density at radius 1 is 1.15 bits per heavy atom. The molecule has 0 radical (unpaired) electrons. The minimum Gasteiger partial charge on any atom is -0.478 e. The zero-order valence-corrected chi connectivity index (χ0v) is 12.1. The molecule has 1 N–H and O–H groups in total. The van der Waals surface area contributed by atoms with Crippen LogP contribution in [0.4, 0.5) is 0 Å². The predicted molar refractivity (Wildman–Crippen MR) is 75.1 cm³/mol. The summed E-state index contributed by atoms with van der Waals surface area (Å²) in [5.74, 6) is -0.912. The number of carboxylic acids is 1. The smallest absolute Gasteiger partial charge is 0.335 e. The summed E-state index contributed by atoms with van der Waals surface area (Å²) in [5, 5.41) is 8.88. The zero-order chi connectivity index (χ0) is 14.8. The van der Waals surface area contributed by atoms with E-state index in [1.54, 1.807) is 25.3 Å². The SMILES string of the molecule is COCCCOCCOCc1ccc(C(=O)O)cc1C. The van der Waals surface area contributed by atoms with Gasteiger partial charge >= 0.3 is 5.97 Å². The number of hydrogen-bond acceptors (Lipinski definition) is 4. The molecule has 0 bridgehead atoms. The molecule has 20 heavy (non-hydrogen) atoms. The zero-order valence-electron chi connectivity index (χ0n) is 12.1. The minimum atomic E-state index is -0.912. The van der Waals surface area contributed by atoms with Crippen LogP contribution in [0.3, 0.4) is 0 Å². The number of carbonyl (C=O) groups is 1. The molecule has 0 spiro atoms. The molecular formula is C15H22O5. The van der Waals surface area contributed by atoms with E-state index in [1.165, 1.54) is 0 Å². The van der Waals surface area contributed by atoms with E-state index in [1.807, 2.05) is 6.92 Å². The molecule has 5 nitrogen and oxygen atoms in total. The summed E-state index contributed by atoms with van der Waals surface area (Å²) in [6, 6.07) is 5.04. The largest absolute Gasteiger partial charge is 0.478 e. The normalized spacial score (nSPS) is 10.7. The van der Waals surface area contributed by atoms with Gasteiger partial charge < -0.3 is 19.3 Å². The van der Waals surface area contributed by atoms with Gasteiger partial charge in [-0.25, -0.2) is 4.79 Å². The molecule has 0 aromatic heterocycles. The van der Waals surface area contributed by atoms with E-state index in [9.17, 15) is 4.79 Å². The Kier molecular flexibility index (Phi) is 7.87. The Hall–Kier alpha value is -1.43. The van der Waals surface area contributed by atoms with Crippen LogP contribution in [0.25, 0.3) is 0 Å². The van der Waals surface area contributed by atoms with Crippen LogP contribution >= 0.6 is 0 Å². The third-order valence-corrected chi connectivity index (χ3v) is 2.86. The van der Waals surface area contributed by atoms with Gasteiger partial charge in [-0.05, 0) is 36.6 Å². The Morgan fingerprint density at radius 2 is 1.90 bits per heavy atom. The topological polar surface area (TPSA) is 65.0 Å². The number of aryl methyl sites for hydroxylation is 1. The van der Waals surface area contributed by atoms with Gasteiger partial charge in [0.05, 0.1) is 25.4 Å². The van der Waals surface area contributed by atoms with Gasteiger partial charge in [-0.3, -0.25) is 0 Å². The van der Waals surface area contributed by atoms with Gasteiger partial charge in [0.25, 0.3) is 0 Å². The molecule has 0 atom stereocenters. The van der Waals surface area contributed by atoms with Gasteiger partial charge in [0.15, 0.2) is 0 Å². The molecule has 0 unspecified atom stereocenters. The van der Waals surface area contributed by atoms with E-state index in [4.69, 9.17) is 19.3 Å². The standard InChI is InChI=1S/C15H22O5/c1-12-10-13(15(16)17)4-5-14(12)11-20-9-8-19-7-3-6-18-2/h4-5,10H,3,6-9,11H2,1-2H3,(H,16,17). The van der Waals surface area contributed by atoms with Crippen molar-refractivity contribution in [3.63, 3.8) is 0 Å². The van der Waals surface area contributed by atoms with E-state index in [-0.39, 0.29) is 0 Å². The van der Waals surface area contributed by atoms with Crippen molar-refractivity contribution in [1.29, 1.82) is 0 Å². The molecule has 1 aromatic carbocycles. The first-order valence-electron chi connectivity index (χ1n) is 6.62.